The van der Waals surface area contributed by atoms with Gasteiger partial charge in [-0.05, 0) is 12.8 Å². The summed E-state index contributed by atoms with van der Waals surface area (Å²) in [5, 5.41) is 0. The summed E-state index contributed by atoms with van der Waals surface area (Å²) in [6.45, 7) is 3.85. The number of carbonyl (C=O) groups is 3. The van der Waals surface area contributed by atoms with Gasteiger partial charge < -0.3 is 4.74 Å². The molecular formula is C11H16O4. The average molecular weight is 212 g/mol. The van der Waals surface area contributed by atoms with Gasteiger partial charge in [-0.15, -0.1) is 0 Å². The summed E-state index contributed by atoms with van der Waals surface area (Å²) < 4.78 is 4.85. The van der Waals surface area contributed by atoms with E-state index in [-0.39, 0.29) is 30.5 Å². The molecule has 84 valence electrons. The molecule has 1 saturated carbocycles. The van der Waals surface area contributed by atoms with Crippen molar-refractivity contribution in [3.8, 4) is 0 Å². The molecule has 15 heavy (non-hydrogen) atoms. The van der Waals surface area contributed by atoms with Crippen LogP contribution in [-0.2, 0) is 19.1 Å². The van der Waals surface area contributed by atoms with E-state index in [0.29, 0.717) is 12.8 Å². The number of carbonyl (C=O) groups excluding carboxylic acids is 3. The van der Waals surface area contributed by atoms with Crippen LogP contribution in [0.4, 0.5) is 0 Å². The Labute approximate surface area is 89.0 Å². The maximum atomic E-state index is 11.6. The second-order valence-electron chi connectivity index (χ2n) is 3.78. The molecule has 0 N–H and O–H groups in total. The molecule has 0 heterocycles. The monoisotopic (exact) mass is 212 g/mol. The quantitative estimate of drug-likeness (QED) is 0.519. The van der Waals surface area contributed by atoms with Gasteiger partial charge in [0.25, 0.3) is 0 Å². The smallest absolute Gasteiger partial charge is 0.316 e. The number of ether oxygens (including phenoxy) is 1. The first kappa shape index (κ1) is 11.9. The molecule has 1 aliphatic carbocycles. The number of hydrogen-bond donors (Lipinski definition) is 0. The highest BCUT2D eigenvalue weighted by Crippen LogP contribution is 2.28. The maximum absolute atomic E-state index is 11.6. The molecule has 4 heteroatoms. The fourth-order valence-electron chi connectivity index (χ4n) is 1.99. The van der Waals surface area contributed by atoms with Crippen LogP contribution in [0.5, 0.6) is 0 Å². The topological polar surface area (TPSA) is 60.4 Å². The Balaban J connectivity index is 2.78. The van der Waals surface area contributed by atoms with Crippen molar-refractivity contribution in [1.29, 1.82) is 0 Å². The normalized spacial score (nSPS) is 26.5. The first-order valence-electron chi connectivity index (χ1n) is 5.31. The maximum Gasteiger partial charge on any atom is 0.316 e. The molecule has 0 saturated heterocycles. The van der Waals surface area contributed by atoms with Crippen molar-refractivity contribution >= 4 is 17.5 Å². The third-order valence-electron chi connectivity index (χ3n) is 2.74. The van der Waals surface area contributed by atoms with Crippen molar-refractivity contribution in [2.45, 2.75) is 33.1 Å². The third-order valence-corrected chi connectivity index (χ3v) is 2.74. The Morgan fingerprint density at radius 3 is 2.60 bits per heavy atom. The van der Waals surface area contributed by atoms with Crippen molar-refractivity contribution in [2.24, 2.45) is 11.8 Å². The van der Waals surface area contributed by atoms with Crippen LogP contribution in [0.2, 0.25) is 0 Å². The molecule has 1 fully saturated rings. The van der Waals surface area contributed by atoms with Crippen LogP contribution >= 0.6 is 0 Å². The minimum atomic E-state index is -0.715. The summed E-state index contributed by atoms with van der Waals surface area (Å²) in [6, 6.07) is 0. The fraction of sp³-hybridized carbons (Fsp3) is 0.727. The van der Waals surface area contributed by atoms with E-state index in [2.05, 4.69) is 0 Å². The Bertz CT molecular complexity index is 282. The highest BCUT2D eigenvalue weighted by Gasteiger charge is 2.40. The van der Waals surface area contributed by atoms with Crippen LogP contribution < -0.4 is 0 Å². The highest BCUT2D eigenvalue weighted by molar-refractivity contribution is 6.10. The van der Waals surface area contributed by atoms with Gasteiger partial charge in [0.05, 0.1) is 13.0 Å². The molecule has 0 radical (unpaired) electrons. The number of rotatable bonds is 3. The van der Waals surface area contributed by atoms with Crippen LogP contribution in [0.1, 0.15) is 33.1 Å². The van der Waals surface area contributed by atoms with Crippen LogP contribution in [-0.4, -0.2) is 24.1 Å². The molecule has 0 amide bonds. The van der Waals surface area contributed by atoms with Crippen LogP contribution in [0.3, 0.4) is 0 Å². The van der Waals surface area contributed by atoms with Gasteiger partial charge in [-0.3, -0.25) is 14.4 Å². The molecule has 0 spiro atoms. The van der Waals surface area contributed by atoms with Crippen molar-refractivity contribution in [1.82, 2.24) is 0 Å². The highest BCUT2D eigenvalue weighted by atomic mass is 16.5. The summed E-state index contributed by atoms with van der Waals surface area (Å²) in [5.41, 5.74) is 0. The Morgan fingerprint density at radius 2 is 2.07 bits per heavy atom. The summed E-state index contributed by atoms with van der Waals surface area (Å²) in [6.07, 6.45) is 0.868. The third kappa shape index (κ3) is 2.64. The molecule has 4 nitrogen and oxygen atoms in total. The van der Waals surface area contributed by atoms with Crippen LogP contribution in [0, 0.1) is 11.8 Å². The van der Waals surface area contributed by atoms with Gasteiger partial charge in [0.15, 0.2) is 5.78 Å². The summed E-state index contributed by atoms with van der Waals surface area (Å²) in [7, 11) is 0. The van der Waals surface area contributed by atoms with Gasteiger partial charge in [-0.25, -0.2) is 0 Å². The fourth-order valence-corrected chi connectivity index (χ4v) is 1.99. The summed E-state index contributed by atoms with van der Waals surface area (Å²) in [5.74, 6) is -1.70. The lowest BCUT2D eigenvalue weighted by atomic mass is 9.76. The first-order valence-corrected chi connectivity index (χ1v) is 5.31. The standard InChI is InChI=1S/C11H16O4/c1-3-7-5-8(12)6-9(13)10(7)11(14)15-4-2/h7,10H,3-6H2,1-2H3. The van der Waals surface area contributed by atoms with Crippen LogP contribution in [0.25, 0.3) is 0 Å². The van der Waals surface area contributed by atoms with E-state index < -0.39 is 11.9 Å². The first-order chi connectivity index (χ1) is 7.10. The number of hydrogen-bond acceptors (Lipinski definition) is 4. The van der Waals surface area contributed by atoms with E-state index in [1.54, 1.807) is 6.92 Å². The average Bonchev–Trinajstić information content (AvgIpc) is 2.16. The zero-order valence-electron chi connectivity index (χ0n) is 9.12. The SMILES string of the molecule is CCOC(=O)C1C(=O)CC(=O)CC1CC. The molecule has 0 aromatic heterocycles. The summed E-state index contributed by atoms with van der Waals surface area (Å²) in [4.78, 5) is 34.3. The minimum absolute atomic E-state index is 0.0626. The minimum Gasteiger partial charge on any atom is -0.465 e. The molecule has 1 aliphatic rings. The van der Waals surface area contributed by atoms with Gasteiger partial charge in [-0.2, -0.15) is 0 Å². The van der Waals surface area contributed by atoms with Crippen molar-refractivity contribution in [3.05, 3.63) is 0 Å². The van der Waals surface area contributed by atoms with E-state index in [4.69, 9.17) is 4.74 Å². The molecule has 2 atom stereocenters. The Kier molecular flexibility index (Phi) is 4.00. The van der Waals surface area contributed by atoms with Crippen LogP contribution in [0.15, 0.2) is 0 Å². The van der Waals surface area contributed by atoms with E-state index in [9.17, 15) is 14.4 Å². The largest absolute Gasteiger partial charge is 0.465 e. The Morgan fingerprint density at radius 1 is 1.40 bits per heavy atom. The molecule has 1 rings (SSSR count). The molecule has 0 aliphatic heterocycles. The van der Waals surface area contributed by atoms with Crippen molar-refractivity contribution < 1.29 is 19.1 Å². The zero-order valence-corrected chi connectivity index (χ0v) is 9.12. The number of esters is 1. The lowest BCUT2D eigenvalue weighted by Crippen LogP contribution is -2.39. The van der Waals surface area contributed by atoms with Crippen molar-refractivity contribution in [2.75, 3.05) is 6.61 Å². The van der Waals surface area contributed by atoms with Gasteiger partial charge >= 0.3 is 5.97 Å². The second-order valence-corrected chi connectivity index (χ2v) is 3.78. The van der Waals surface area contributed by atoms with Gasteiger partial charge in [0.1, 0.15) is 11.7 Å². The predicted molar refractivity (Wildman–Crippen MR) is 53.2 cm³/mol. The Hall–Kier alpha value is -1.19. The van der Waals surface area contributed by atoms with E-state index in [1.165, 1.54) is 0 Å². The molecule has 2 unspecified atom stereocenters. The second kappa shape index (κ2) is 5.05. The number of Topliss-reactive ketones (excluding diaryl/α,β-unsaturated/α-hetero) is 2. The van der Waals surface area contributed by atoms with E-state index >= 15 is 0 Å². The lowest BCUT2D eigenvalue weighted by molar-refractivity contribution is -0.156. The van der Waals surface area contributed by atoms with Crippen molar-refractivity contribution in [3.63, 3.8) is 0 Å². The molecular weight excluding hydrogens is 196 g/mol. The molecule has 0 aromatic carbocycles. The molecule has 0 bridgehead atoms. The van der Waals surface area contributed by atoms with E-state index in [0.717, 1.165) is 0 Å². The summed E-state index contributed by atoms with van der Waals surface area (Å²) >= 11 is 0. The van der Waals surface area contributed by atoms with Gasteiger partial charge in [0, 0.05) is 6.42 Å². The van der Waals surface area contributed by atoms with E-state index in [1.807, 2.05) is 6.92 Å². The predicted octanol–water partition coefficient (Wildman–Crippen LogP) is 1.12. The van der Waals surface area contributed by atoms with Gasteiger partial charge in [-0.1, -0.05) is 13.3 Å². The number of ketones is 2. The zero-order chi connectivity index (χ0) is 11.4. The molecule has 0 aromatic rings. The van der Waals surface area contributed by atoms with Gasteiger partial charge in [0.2, 0.25) is 0 Å². The lowest BCUT2D eigenvalue weighted by Gasteiger charge is -2.26.